The molecule has 0 saturated heterocycles. The fourth-order valence-corrected chi connectivity index (χ4v) is 2.79. The molecule has 1 aliphatic carbocycles. The van der Waals surface area contributed by atoms with Crippen molar-refractivity contribution in [3.8, 4) is 11.4 Å². The van der Waals surface area contributed by atoms with Gasteiger partial charge in [0.15, 0.2) is 11.5 Å². The third kappa shape index (κ3) is 2.90. The number of hydrogen-bond acceptors (Lipinski definition) is 5. The zero-order valence-electron chi connectivity index (χ0n) is 14.2. The molecule has 0 unspecified atom stereocenters. The summed E-state index contributed by atoms with van der Waals surface area (Å²) in [7, 11) is 1.53. The van der Waals surface area contributed by atoms with Crippen molar-refractivity contribution in [1.82, 2.24) is 24.4 Å². The Morgan fingerprint density at radius 2 is 1.96 bits per heavy atom. The molecule has 0 spiro atoms. The molecule has 1 saturated carbocycles. The second-order valence-electron chi connectivity index (χ2n) is 6.37. The molecule has 1 fully saturated rings. The Morgan fingerprint density at radius 3 is 2.65 bits per heavy atom. The van der Waals surface area contributed by atoms with E-state index >= 15 is 0 Å². The number of amides is 1. The van der Waals surface area contributed by atoms with Crippen LogP contribution in [0.15, 0.2) is 46.1 Å². The average molecular weight is 351 g/mol. The fourth-order valence-electron chi connectivity index (χ4n) is 2.79. The molecule has 0 atom stereocenters. The molecule has 132 valence electrons. The molecule has 1 aliphatic rings. The van der Waals surface area contributed by atoms with Gasteiger partial charge in [-0.25, -0.2) is 14.8 Å². The molecule has 4 rings (SSSR count). The van der Waals surface area contributed by atoms with E-state index in [2.05, 4.69) is 15.3 Å². The van der Waals surface area contributed by atoms with E-state index in [0.717, 1.165) is 23.0 Å². The fraction of sp³-hybridized carbons (Fsp3) is 0.278. The van der Waals surface area contributed by atoms with E-state index in [0.29, 0.717) is 5.82 Å². The number of aryl methyl sites for hydroxylation is 1. The molecule has 1 amide bonds. The summed E-state index contributed by atoms with van der Waals surface area (Å²) in [5, 5.41) is 2.98. The van der Waals surface area contributed by atoms with Crippen LogP contribution in [-0.2, 0) is 18.4 Å². The van der Waals surface area contributed by atoms with Crippen LogP contribution >= 0.6 is 0 Å². The normalized spacial score (nSPS) is 13.7. The maximum atomic E-state index is 12.7. The Morgan fingerprint density at radius 1 is 1.23 bits per heavy atom. The minimum Gasteiger partial charge on any atom is -0.352 e. The lowest BCUT2D eigenvalue weighted by molar-refractivity contribution is -0.121. The molecule has 1 aromatic carbocycles. The van der Waals surface area contributed by atoms with E-state index in [9.17, 15) is 14.4 Å². The van der Waals surface area contributed by atoms with Crippen LogP contribution in [0.3, 0.4) is 0 Å². The van der Waals surface area contributed by atoms with Crippen LogP contribution in [-0.4, -0.2) is 31.1 Å². The van der Waals surface area contributed by atoms with Gasteiger partial charge >= 0.3 is 5.69 Å². The molecule has 0 radical (unpaired) electrons. The Labute approximate surface area is 148 Å². The number of aromatic nitrogens is 4. The second-order valence-corrected chi connectivity index (χ2v) is 6.37. The van der Waals surface area contributed by atoms with Crippen LogP contribution in [0.1, 0.15) is 12.8 Å². The number of benzene rings is 1. The molecule has 0 bridgehead atoms. The number of nitrogens with one attached hydrogen (secondary N) is 1. The van der Waals surface area contributed by atoms with Gasteiger partial charge in [-0.05, 0) is 12.8 Å². The lowest BCUT2D eigenvalue weighted by atomic mass is 10.2. The highest BCUT2D eigenvalue weighted by Crippen LogP contribution is 2.18. The van der Waals surface area contributed by atoms with E-state index < -0.39 is 11.2 Å². The highest BCUT2D eigenvalue weighted by Gasteiger charge is 2.24. The van der Waals surface area contributed by atoms with Crippen molar-refractivity contribution in [2.24, 2.45) is 7.05 Å². The standard InChI is InChI=1S/C18H17N5O3/c1-22-16-13(9-19-15(21-16)11-5-3-2-4-6-11)17(25)23(18(22)26)10-14(24)20-12-7-8-12/h2-6,9,12H,7-8,10H2,1H3,(H,20,24). The Balaban J connectivity index is 1.80. The predicted octanol–water partition coefficient (Wildman–Crippen LogP) is 0.436. The Hall–Kier alpha value is -3.29. The second kappa shape index (κ2) is 6.21. The molecule has 0 aliphatic heterocycles. The van der Waals surface area contributed by atoms with E-state index in [1.807, 2.05) is 30.3 Å². The molecule has 1 N–H and O–H groups in total. The number of rotatable bonds is 4. The van der Waals surface area contributed by atoms with Gasteiger partial charge < -0.3 is 5.32 Å². The lowest BCUT2D eigenvalue weighted by Gasteiger charge is -2.11. The summed E-state index contributed by atoms with van der Waals surface area (Å²) < 4.78 is 2.20. The van der Waals surface area contributed by atoms with Crippen LogP contribution in [0.4, 0.5) is 0 Å². The first-order valence-electron chi connectivity index (χ1n) is 8.36. The lowest BCUT2D eigenvalue weighted by Crippen LogP contribution is -2.43. The predicted molar refractivity (Wildman–Crippen MR) is 95.6 cm³/mol. The Kier molecular flexibility index (Phi) is 3.87. The van der Waals surface area contributed by atoms with E-state index in [1.165, 1.54) is 17.8 Å². The Bertz CT molecular complexity index is 1110. The van der Waals surface area contributed by atoms with Crippen molar-refractivity contribution in [2.45, 2.75) is 25.4 Å². The van der Waals surface area contributed by atoms with Gasteiger partial charge in [0.1, 0.15) is 11.9 Å². The highest BCUT2D eigenvalue weighted by atomic mass is 16.2. The average Bonchev–Trinajstić information content (AvgIpc) is 3.47. The van der Waals surface area contributed by atoms with Gasteiger partial charge in [-0.2, -0.15) is 0 Å². The van der Waals surface area contributed by atoms with Gasteiger partial charge in [-0.15, -0.1) is 0 Å². The van der Waals surface area contributed by atoms with Gasteiger partial charge in [-0.3, -0.25) is 18.7 Å². The minimum atomic E-state index is -0.578. The minimum absolute atomic E-state index is 0.166. The van der Waals surface area contributed by atoms with Crippen LogP contribution in [0.2, 0.25) is 0 Å². The zero-order chi connectivity index (χ0) is 18.3. The van der Waals surface area contributed by atoms with Gasteiger partial charge in [0.25, 0.3) is 5.56 Å². The highest BCUT2D eigenvalue weighted by molar-refractivity contribution is 5.78. The number of carbonyl (C=O) groups is 1. The third-order valence-electron chi connectivity index (χ3n) is 4.36. The van der Waals surface area contributed by atoms with E-state index in [1.54, 1.807) is 0 Å². The summed E-state index contributed by atoms with van der Waals surface area (Å²) in [6.07, 6.45) is 3.28. The first-order chi connectivity index (χ1) is 12.5. The van der Waals surface area contributed by atoms with Crippen molar-refractivity contribution >= 4 is 16.9 Å². The number of fused-ring (bicyclic) bond motifs is 1. The number of nitrogens with zero attached hydrogens (tertiary/aromatic N) is 4. The van der Waals surface area contributed by atoms with Crippen molar-refractivity contribution in [1.29, 1.82) is 0 Å². The summed E-state index contributed by atoms with van der Waals surface area (Å²) in [5.41, 5.74) is -0.109. The van der Waals surface area contributed by atoms with Crippen LogP contribution in [0.25, 0.3) is 22.4 Å². The van der Waals surface area contributed by atoms with Gasteiger partial charge in [0, 0.05) is 24.8 Å². The molecule has 2 aromatic heterocycles. The summed E-state index contributed by atoms with van der Waals surface area (Å²) in [4.78, 5) is 45.9. The first kappa shape index (κ1) is 16.2. The largest absolute Gasteiger partial charge is 0.352 e. The zero-order valence-corrected chi connectivity index (χ0v) is 14.2. The van der Waals surface area contributed by atoms with E-state index in [4.69, 9.17) is 0 Å². The van der Waals surface area contributed by atoms with Gasteiger partial charge in [0.2, 0.25) is 5.91 Å². The van der Waals surface area contributed by atoms with Crippen molar-refractivity contribution in [3.05, 3.63) is 57.4 Å². The molecular weight excluding hydrogens is 334 g/mol. The topological polar surface area (TPSA) is 98.9 Å². The molecule has 8 heteroatoms. The molecule has 26 heavy (non-hydrogen) atoms. The molecule has 8 nitrogen and oxygen atoms in total. The first-order valence-corrected chi connectivity index (χ1v) is 8.36. The third-order valence-corrected chi connectivity index (χ3v) is 4.36. The molecular formula is C18H17N5O3. The van der Waals surface area contributed by atoms with Crippen molar-refractivity contribution in [3.63, 3.8) is 0 Å². The van der Waals surface area contributed by atoms with Crippen LogP contribution in [0, 0.1) is 0 Å². The van der Waals surface area contributed by atoms with Gasteiger partial charge in [0.05, 0.1) is 0 Å². The van der Waals surface area contributed by atoms with E-state index in [-0.39, 0.29) is 29.5 Å². The summed E-state index contributed by atoms with van der Waals surface area (Å²) in [6.45, 7) is -0.307. The smallest absolute Gasteiger partial charge is 0.332 e. The monoisotopic (exact) mass is 351 g/mol. The van der Waals surface area contributed by atoms with Crippen molar-refractivity contribution < 1.29 is 4.79 Å². The molecule has 2 heterocycles. The SMILES string of the molecule is Cn1c(=O)n(CC(=O)NC2CC2)c(=O)c2cnc(-c3ccccc3)nc21. The summed E-state index contributed by atoms with van der Waals surface area (Å²) >= 11 is 0. The van der Waals surface area contributed by atoms with Crippen LogP contribution in [0.5, 0.6) is 0 Å². The maximum absolute atomic E-state index is 12.7. The number of carbonyl (C=O) groups excluding carboxylic acids is 1. The summed E-state index contributed by atoms with van der Waals surface area (Å²) in [6, 6.07) is 9.47. The van der Waals surface area contributed by atoms with Crippen molar-refractivity contribution in [2.75, 3.05) is 0 Å². The summed E-state index contributed by atoms with van der Waals surface area (Å²) in [5.74, 6) is 0.0876. The maximum Gasteiger partial charge on any atom is 0.332 e. The quantitative estimate of drug-likeness (QED) is 0.735. The van der Waals surface area contributed by atoms with Gasteiger partial charge in [-0.1, -0.05) is 30.3 Å². The van der Waals surface area contributed by atoms with Crippen LogP contribution < -0.4 is 16.6 Å². The molecule has 3 aromatic rings. The number of hydrogen-bond donors (Lipinski definition) is 1.